The van der Waals surface area contributed by atoms with Crippen molar-refractivity contribution in [2.75, 3.05) is 0 Å². The molecule has 2 amide bonds. The Morgan fingerprint density at radius 1 is 0.909 bits per heavy atom. The fourth-order valence-electron chi connectivity index (χ4n) is 5.28. The number of hydrogen-bond acceptors (Lipinski definition) is 5. The van der Waals surface area contributed by atoms with Crippen LogP contribution in [0.1, 0.15) is 59.3 Å². The lowest BCUT2D eigenvalue weighted by molar-refractivity contribution is -0.210. The molecule has 0 bridgehead atoms. The first kappa shape index (κ1) is 30.8. The summed E-state index contributed by atoms with van der Waals surface area (Å²) in [5.41, 5.74) is 7.55. The number of aromatic nitrogens is 2. The van der Waals surface area contributed by atoms with E-state index in [4.69, 9.17) is 15.3 Å². The van der Waals surface area contributed by atoms with Crippen LogP contribution in [0.5, 0.6) is 5.88 Å². The molecule has 0 atom stereocenters. The Kier molecular flexibility index (Phi) is 9.64. The van der Waals surface area contributed by atoms with E-state index in [1.807, 2.05) is 30.3 Å². The lowest BCUT2D eigenvalue weighted by Crippen LogP contribution is -2.43. The van der Waals surface area contributed by atoms with Crippen molar-refractivity contribution in [1.29, 1.82) is 0 Å². The predicted molar refractivity (Wildman–Crippen MR) is 157 cm³/mol. The first-order chi connectivity index (χ1) is 21.2. The standard InChI is InChI=1S/C33H33F3N4O4/c34-33(35,36)26-17-15-24(16-18-26)28-14-8-7-11-25(28)22-43-31-19-29(32(37)42)38-39(31)20-30(41)40(27-12-5-2-6-13-27)44-21-23-9-3-1-4-10-23/h1,3-4,7-11,14-19,27H,2,5-6,12-13,20-22H2,(H2,37,42). The highest BCUT2D eigenvalue weighted by Crippen LogP contribution is 2.32. The summed E-state index contributed by atoms with van der Waals surface area (Å²) in [6.45, 7) is -0.0423. The van der Waals surface area contributed by atoms with Crippen molar-refractivity contribution in [3.8, 4) is 17.0 Å². The van der Waals surface area contributed by atoms with Crippen LogP contribution in [0.2, 0.25) is 0 Å². The Bertz CT molecular complexity index is 1570. The van der Waals surface area contributed by atoms with Gasteiger partial charge in [0.2, 0.25) is 5.88 Å². The van der Waals surface area contributed by atoms with E-state index in [0.29, 0.717) is 16.7 Å². The minimum absolute atomic E-state index is 0.00781. The summed E-state index contributed by atoms with van der Waals surface area (Å²) in [4.78, 5) is 31.7. The van der Waals surface area contributed by atoms with E-state index in [-0.39, 0.29) is 43.3 Å². The van der Waals surface area contributed by atoms with Crippen LogP contribution < -0.4 is 10.5 Å². The van der Waals surface area contributed by atoms with Gasteiger partial charge in [0.15, 0.2) is 5.69 Å². The number of carbonyl (C=O) groups is 2. The first-order valence-corrected chi connectivity index (χ1v) is 14.4. The molecule has 2 N–H and O–H groups in total. The third kappa shape index (κ3) is 7.65. The second-order valence-corrected chi connectivity index (χ2v) is 10.7. The molecule has 0 aliphatic heterocycles. The number of amides is 2. The van der Waals surface area contributed by atoms with Gasteiger partial charge >= 0.3 is 6.18 Å². The fourth-order valence-corrected chi connectivity index (χ4v) is 5.28. The SMILES string of the molecule is NC(=O)c1cc(OCc2ccccc2-c2ccc(C(F)(F)F)cc2)n(CC(=O)N(OCc2ccccc2)C2CCCCC2)n1. The molecule has 1 aliphatic carbocycles. The first-order valence-electron chi connectivity index (χ1n) is 14.4. The highest BCUT2D eigenvalue weighted by molar-refractivity contribution is 5.91. The Hall–Kier alpha value is -4.64. The molecule has 0 spiro atoms. The van der Waals surface area contributed by atoms with Crippen LogP contribution >= 0.6 is 0 Å². The van der Waals surface area contributed by atoms with Gasteiger partial charge in [-0.25, -0.2) is 9.75 Å². The summed E-state index contributed by atoms with van der Waals surface area (Å²) in [5.74, 6) is -0.987. The molecule has 0 unspecified atom stereocenters. The molecule has 8 nitrogen and oxygen atoms in total. The van der Waals surface area contributed by atoms with Gasteiger partial charge in [-0.3, -0.25) is 14.4 Å². The maximum atomic E-state index is 13.7. The van der Waals surface area contributed by atoms with Gasteiger partial charge in [-0.2, -0.15) is 18.3 Å². The quantitative estimate of drug-likeness (QED) is 0.196. The van der Waals surface area contributed by atoms with E-state index in [0.717, 1.165) is 49.8 Å². The molecule has 44 heavy (non-hydrogen) atoms. The Morgan fingerprint density at radius 2 is 1.59 bits per heavy atom. The number of hydrogen-bond donors (Lipinski definition) is 1. The van der Waals surface area contributed by atoms with Gasteiger partial charge in [0.25, 0.3) is 11.8 Å². The summed E-state index contributed by atoms with van der Waals surface area (Å²) >= 11 is 0. The summed E-state index contributed by atoms with van der Waals surface area (Å²) in [6.07, 6.45) is 0.276. The highest BCUT2D eigenvalue weighted by Gasteiger charge is 2.30. The minimum Gasteiger partial charge on any atom is -0.473 e. The summed E-state index contributed by atoms with van der Waals surface area (Å²) in [5, 5.41) is 5.66. The second-order valence-electron chi connectivity index (χ2n) is 10.7. The van der Waals surface area contributed by atoms with E-state index >= 15 is 0 Å². The number of benzene rings is 3. The number of hydroxylamine groups is 2. The van der Waals surface area contributed by atoms with Crippen LogP contribution in [-0.2, 0) is 35.6 Å². The zero-order valence-corrected chi connectivity index (χ0v) is 24.0. The van der Waals surface area contributed by atoms with Crippen LogP contribution in [0.25, 0.3) is 11.1 Å². The molecule has 1 aliphatic rings. The average molecular weight is 607 g/mol. The molecule has 0 radical (unpaired) electrons. The van der Waals surface area contributed by atoms with E-state index in [9.17, 15) is 22.8 Å². The van der Waals surface area contributed by atoms with Crippen molar-refractivity contribution in [3.63, 3.8) is 0 Å². The number of carbonyl (C=O) groups excluding carboxylic acids is 2. The molecule has 1 heterocycles. The van der Waals surface area contributed by atoms with Gasteiger partial charge in [0.05, 0.1) is 11.6 Å². The normalized spacial score (nSPS) is 13.9. The maximum Gasteiger partial charge on any atom is 0.416 e. The zero-order chi connectivity index (χ0) is 31.1. The highest BCUT2D eigenvalue weighted by atomic mass is 19.4. The minimum atomic E-state index is -4.44. The zero-order valence-electron chi connectivity index (χ0n) is 24.0. The van der Waals surface area contributed by atoms with Crippen molar-refractivity contribution >= 4 is 11.8 Å². The van der Waals surface area contributed by atoms with Crippen LogP contribution in [0.15, 0.2) is 84.9 Å². The molecule has 0 saturated heterocycles. The van der Waals surface area contributed by atoms with E-state index < -0.39 is 17.6 Å². The molecule has 1 aromatic heterocycles. The van der Waals surface area contributed by atoms with Crippen molar-refractivity contribution in [2.24, 2.45) is 5.73 Å². The molecule has 1 saturated carbocycles. The molecular weight excluding hydrogens is 573 g/mol. The van der Waals surface area contributed by atoms with Gasteiger partial charge in [0.1, 0.15) is 19.8 Å². The molecule has 1 fully saturated rings. The molecule has 4 aromatic rings. The van der Waals surface area contributed by atoms with Crippen molar-refractivity contribution < 1.29 is 32.3 Å². The molecule has 230 valence electrons. The van der Waals surface area contributed by atoms with Gasteiger partial charge < -0.3 is 10.5 Å². The number of nitrogens with two attached hydrogens (primary N) is 1. The molecular formula is C33H33F3N4O4. The number of rotatable bonds is 11. The molecule has 3 aromatic carbocycles. The van der Waals surface area contributed by atoms with Crippen LogP contribution in [0.4, 0.5) is 13.2 Å². The summed E-state index contributed by atoms with van der Waals surface area (Å²) in [6, 6.07) is 22.8. The number of ether oxygens (including phenoxy) is 1. The average Bonchev–Trinajstić information content (AvgIpc) is 3.43. The largest absolute Gasteiger partial charge is 0.473 e. The van der Waals surface area contributed by atoms with Crippen LogP contribution in [0, 0.1) is 0 Å². The number of halogens is 3. The Morgan fingerprint density at radius 3 is 2.27 bits per heavy atom. The van der Waals surface area contributed by atoms with Crippen molar-refractivity contribution in [3.05, 3.63) is 107 Å². The Labute approximate surface area is 253 Å². The number of primary amides is 1. The molecule has 11 heteroatoms. The summed E-state index contributed by atoms with van der Waals surface area (Å²) in [7, 11) is 0. The molecule has 5 rings (SSSR count). The van der Waals surface area contributed by atoms with Gasteiger partial charge in [-0.15, -0.1) is 0 Å². The number of alkyl halides is 3. The van der Waals surface area contributed by atoms with Gasteiger partial charge in [-0.05, 0) is 47.2 Å². The topological polar surface area (TPSA) is 99.7 Å². The van der Waals surface area contributed by atoms with E-state index in [1.54, 1.807) is 24.3 Å². The Balaban J connectivity index is 1.35. The van der Waals surface area contributed by atoms with E-state index in [1.165, 1.54) is 27.9 Å². The van der Waals surface area contributed by atoms with Gasteiger partial charge in [0, 0.05) is 6.07 Å². The number of nitrogens with zero attached hydrogens (tertiary/aromatic N) is 3. The second kappa shape index (κ2) is 13.8. The maximum absolute atomic E-state index is 13.7. The van der Waals surface area contributed by atoms with Gasteiger partial charge in [-0.1, -0.05) is 86.0 Å². The predicted octanol–water partition coefficient (Wildman–Crippen LogP) is 6.54. The summed E-state index contributed by atoms with van der Waals surface area (Å²) < 4.78 is 46.6. The van der Waals surface area contributed by atoms with E-state index in [2.05, 4.69) is 5.10 Å². The lowest BCUT2D eigenvalue weighted by Gasteiger charge is -2.33. The fraction of sp³-hybridized carbons (Fsp3) is 0.303. The third-order valence-electron chi connectivity index (χ3n) is 7.56. The van der Waals surface area contributed by atoms with Crippen LogP contribution in [0.3, 0.4) is 0 Å². The third-order valence-corrected chi connectivity index (χ3v) is 7.56. The monoisotopic (exact) mass is 606 g/mol. The van der Waals surface area contributed by atoms with Crippen molar-refractivity contribution in [2.45, 2.75) is 64.1 Å². The lowest BCUT2D eigenvalue weighted by atomic mass is 9.95. The van der Waals surface area contributed by atoms with Crippen LogP contribution in [-0.4, -0.2) is 32.7 Å². The van der Waals surface area contributed by atoms with Crippen molar-refractivity contribution in [1.82, 2.24) is 14.8 Å². The smallest absolute Gasteiger partial charge is 0.416 e.